The first-order chi connectivity index (χ1) is 14.5. The molecular formula is C25H39NO4Si. The van der Waals surface area contributed by atoms with Gasteiger partial charge in [-0.25, -0.2) is 0 Å². The number of para-hydroxylation sites is 1. The molecule has 2 fully saturated rings. The van der Waals surface area contributed by atoms with E-state index < -0.39 is 13.9 Å². The van der Waals surface area contributed by atoms with Gasteiger partial charge in [0.05, 0.1) is 37.9 Å². The van der Waals surface area contributed by atoms with Gasteiger partial charge in [0, 0.05) is 5.56 Å². The van der Waals surface area contributed by atoms with E-state index in [0.29, 0.717) is 31.3 Å². The van der Waals surface area contributed by atoms with E-state index in [2.05, 4.69) is 46.0 Å². The maximum absolute atomic E-state index is 10.7. The van der Waals surface area contributed by atoms with Crippen molar-refractivity contribution in [1.82, 2.24) is 0 Å². The van der Waals surface area contributed by atoms with Crippen molar-refractivity contribution in [3.05, 3.63) is 29.8 Å². The molecule has 0 spiro atoms. The monoisotopic (exact) mass is 445 g/mol. The average Bonchev–Trinajstić information content (AvgIpc) is 3.18. The van der Waals surface area contributed by atoms with E-state index in [9.17, 15) is 5.11 Å². The molecule has 1 aromatic rings. The number of aliphatic hydroxyl groups is 1. The van der Waals surface area contributed by atoms with Crippen LogP contribution in [0.2, 0.25) is 18.1 Å². The first-order valence-electron chi connectivity index (χ1n) is 11.5. The number of rotatable bonds is 8. The van der Waals surface area contributed by atoms with Crippen LogP contribution in [0.25, 0.3) is 0 Å². The number of hydrogen-bond donors (Lipinski definition) is 1. The van der Waals surface area contributed by atoms with E-state index in [1.165, 1.54) is 0 Å². The van der Waals surface area contributed by atoms with Gasteiger partial charge in [-0.05, 0) is 61.7 Å². The highest BCUT2D eigenvalue weighted by atomic mass is 28.4. The molecule has 2 saturated carbocycles. The molecule has 0 saturated heterocycles. The van der Waals surface area contributed by atoms with Crippen LogP contribution in [0.4, 0.5) is 0 Å². The summed E-state index contributed by atoms with van der Waals surface area (Å²) in [6.07, 6.45) is 3.48. The summed E-state index contributed by atoms with van der Waals surface area (Å²) in [4.78, 5) is 0. The minimum Gasteiger partial charge on any atom is -0.496 e. The normalized spacial score (nSPS) is 29.4. The zero-order chi connectivity index (χ0) is 22.9. The first-order valence-corrected chi connectivity index (χ1v) is 14.4. The van der Waals surface area contributed by atoms with E-state index in [0.717, 1.165) is 24.2 Å². The summed E-state index contributed by atoms with van der Waals surface area (Å²) in [5, 5.41) is 19.8. The van der Waals surface area contributed by atoms with Crippen LogP contribution in [-0.2, 0) is 9.16 Å². The van der Waals surface area contributed by atoms with Gasteiger partial charge in [-0.3, -0.25) is 0 Å². The molecule has 0 amide bonds. The summed E-state index contributed by atoms with van der Waals surface area (Å²) in [6.45, 7) is 11.8. The second-order valence-electron chi connectivity index (χ2n) is 11.0. The Balaban J connectivity index is 1.72. The third kappa shape index (κ3) is 5.51. The molecule has 0 aromatic heterocycles. The lowest BCUT2D eigenvalue weighted by molar-refractivity contribution is -0.0441. The summed E-state index contributed by atoms with van der Waals surface area (Å²) in [6, 6.07) is 10.2. The Morgan fingerprint density at radius 1 is 1.19 bits per heavy atom. The Bertz CT molecular complexity index is 783. The quantitative estimate of drug-likeness (QED) is 0.527. The first kappa shape index (κ1) is 24.3. The molecule has 3 rings (SSSR count). The van der Waals surface area contributed by atoms with Crippen LogP contribution < -0.4 is 4.74 Å². The molecule has 1 N–H and O–H groups in total. The SMILES string of the molecule is COc1ccccc1C(CO[Si](C)(C)C(C)(C)C)OC1C[C@@H]2CC(O)(CC#N)C[C@@H]2C1. The van der Waals surface area contributed by atoms with E-state index in [1.807, 2.05) is 18.2 Å². The van der Waals surface area contributed by atoms with E-state index >= 15 is 0 Å². The van der Waals surface area contributed by atoms with Gasteiger partial charge in [-0.2, -0.15) is 5.26 Å². The standard InChI is InChI=1S/C25H39NO4Si/c1-24(2,3)31(5,6)29-17-23(21-9-7-8-10-22(21)28-4)30-20-13-18-15-25(27,11-12-26)16-19(18)14-20/h7-10,18-20,23,27H,11,13-17H2,1-6H3/t18-,19+,20?,23?,25?. The third-order valence-electron chi connectivity index (χ3n) is 7.73. The van der Waals surface area contributed by atoms with Crippen molar-refractivity contribution >= 4 is 8.32 Å². The van der Waals surface area contributed by atoms with Crippen molar-refractivity contribution in [2.45, 2.75) is 88.8 Å². The van der Waals surface area contributed by atoms with Crippen molar-refractivity contribution < 1.29 is 19.0 Å². The fourth-order valence-electron chi connectivity index (χ4n) is 4.99. The molecule has 0 radical (unpaired) electrons. The number of hydrogen-bond acceptors (Lipinski definition) is 5. The lowest BCUT2D eigenvalue weighted by Gasteiger charge is -2.37. The molecule has 5 nitrogen and oxygen atoms in total. The number of ether oxygens (including phenoxy) is 2. The van der Waals surface area contributed by atoms with Crippen molar-refractivity contribution in [3.63, 3.8) is 0 Å². The Kier molecular flexibility index (Phi) is 7.22. The van der Waals surface area contributed by atoms with Gasteiger partial charge in [-0.15, -0.1) is 0 Å². The second-order valence-corrected chi connectivity index (χ2v) is 15.8. The van der Waals surface area contributed by atoms with Crippen molar-refractivity contribution in [2.24, 2.45) is 11.8 Å². The molecule has 31 heavy (non-hydrogen) atoms. The van der Waals surface area contributed by atoms with Gasteiger partial charge < -0.3 is 19.0 Å². The van der Waals surface area contributed by atoms with Crippen molar-refractivity contribution in [2.75, 3.05) is 13.7 Å². The van der Waals surface area contributed by atoms with Crippen LogP contribution in [0.5, 0.6) is 5.75 Å². The lowest BCUT2D eigenvalue weighted by atomic mass is 9.94. The molecular weight excluding hydrogens is 406 g/mol. The van der Waals surface area contributed by atoms with Crippen LogP contribution in [0.1, 0.15) is 64.5 Å². The van der Waals surface area contributed by atoms with E-state index in [1.54, 1.807) is 7.11 Å². The number of nitrogens with zero attached hydrogens (tertiary/aromatic N) is 1. The zero-order valence-electron chi connectivity index (χ0n) is 20.0. The molecule has 0 bridgehead atoms. The van der Waals surface area contributed by atoms with E-state index in [-0.39, 0.29) is 23.7 Å². The number of methoxy groups -OCH3 is 1. The molecule has 3 unspecified atom stereocenters. The Morgan fingerprint density at radius 3 is 2.35 bits per heavy atom. The Labute approximate surface area is 188 Å². The zero-order valence-corrected chi connectivity index (χ0v) is 21.0. The fraction of sp³-hybridized carbons (Fsp3) is 0.720. The summed E-state index contributed by atoms with van der Waals surface area (Å²) < 4.78 is 18.9. The second kappa shape index (κ2) is 9.23. The minimum absolute atomic E-state index is 0.133. The fourth-order valence-corrected chi connectivity index (χ4v) is 5.99. The topological polar surface area (TPSA) is 71.7 Å². The summed E-state index contributed by atoms with van der Waals surface area (Å²) in [7, 11) is -0.224. The molecule has 1 aromatic carbocycles. The van der Waals surface area contributed by atoms with E-state index in [4.69, 9.17) is 19.2 Å². The maximum Gasteiger partial charge on any atom is 0.192 e. The number of fused-ring (bicyclic) bond motifs is 1. The highest BCUT2D eigenvalue weighted by molar-refractivity contribution is 6.74. The van der Waals surface area contributed by atoms with Gasteiger partial charge in [0.2, 0.25) is 0 Å². The van der Waals surface area contributed by atoms with Gasteiger partial charge in [0.15, 0.2) is 8.32 Å². The van der Waals surface area contributed by atoms with Crippen LogP contribution in [0, 0.1) is 23.2 Å². The Morgan fingerprint density at radius 2 is 1.81 bits per heavy atom. The van der Waals surface area contributed by atoms with Crippen LogP contribution in [-0.4, -0.2) is 38.8 Å². The number of benzene rings is 1. The van der Waals surface area contributed by atoms with Crippen LogP contribution in [0.15, 0.2) is 24.3 Å². The molecule has 2 aliphatic rings. The highest BCUT2D eigenvalue weighted by Gasteiger charge is 2.49. The molecule has 6 heteroatoms. The molecule has 0 aliphatic heterocycles. The third-order valence-corrected chi connectivity index (χ3v) is 12.2. The van der Waals surface area contributed by atoms with Gasteiger partial charge in [0.25, 0.3) is 0 Å². The predicted molar refractivity (Wildman–Crippen MR) is 124 cm³/mol. The smallest absolute Gasteiger partial charge is 0.192 e. The average molecular weight is 446 g/mol. The number of nitriles is 1. The maximum atomic E-state index is 10.7. The van der Waals surface area contributed by atoms with Crippen molar-refractivity contribution in [3.8, 4) is 11.8 Å². The van der Waals surface area contributed by atoms with Gasteiger partial charge in [0.1, 0.15) is 11.9 Å². The van der Waals surface area contributed by atoms with Crippen LogP contribution >= 0.6 is 0 Å². The molecule has 5 atom stereocenters. The molecule has 172 valence electrons. The Hall–Kier alpha value is -1.39. The summed E-state index contributed by atoms with van der Waals surface area (Å²) in [5.41, 5.74) is 0.226. The van der Waals surface area contributed by atoms with Gasteiger partial charge in [-0.1, -0.05) is 39.0 Å². The predicted octanol–water partition coefficient (Wildman–Crippen LogP) is 5.61. The summed E-state index contributed by atoms with van der Waals surface area (Å²) >= 11 is 0. The highest BCUT2D eigenvalue weighted by Crippen LogP contribution is 2.51. The molecule has 2 aliphatic carbocycles. The summed E-state index contributed by atoms with van der Waals surface area (Å²) in [5.74, 6) is 1.69. The van der Waals surface area contributed by atoms with Gasteiger partial charge >= 0.3 is 0 Å². The largest absolute Gasteiger partial charge is 0.496 e. The van der Waals surface area contributed by atoms with Crippen LogP contribution in [0.3, 0.4) is 0 Å². The minimum atomic E-state index is -1.92. The van der Waals surface area contributed by atoms with Crippen molar-refractivity contribution in [1.29, 1.82) is 5.26 Å². The lowest BCUT2D eigenvalue weighted by Crippen LogP contribution is -2.42. The molecule has 0 heterocycles.